The van der Waals surface area contributed by atoms with Crippen LogP contribution >= 0.6 is 0 Å². The first kappa shape index (κ1) is 14.8. The van der Waals surface area contributed by atoms with E-state index in [1.54, 1.807) is 0 Å². The lowest BCUT2D eigenvalue weighted by molar-refractivity contribution is 0.0679. The largest absolute Gasteiger partial charge is 0.389 e. The van der Waals surface area contributed by atoms with Crippen molar-refractivity contribution in [1.29, 1.82) is 0 Å². The van der Waals surface area contributed by atoms with Gasteiger partial charge in [-0.05, 0) is 6.42 Å². The number of sulfonamides is 1. The van der Waals surface area contributed by atoms with Crippen LogP contribution in [0.1, 0.15) is 6.42 Å². The minimum atomic E-state index is -3.31. The van der Waals surface area contributed by atoms with Gasteiger partial charge in [0.1, 0.15) is 0 Å². The van der Waals surface area contributed by atoms with Crippen molar-refractivity contribution < 1.29 is 23.0 Å². The molecule has 2 N–H and O–H groups in total. The van der Waals surface area contributed by atoms with Gasteiger partial charge in [-0.25, -0.2) is 13.1 Å². The zero-order valence-electron chi connectivity index (χ0n) is 9.10. The molecule has 0 aliphatic heterocycles. The van der Waals surface area contributed by atoms with Crippen molar-refractivity contribution in [2.24, 2.45) is 0 Å². The van der Waals surface area contributed by atoms with E-state index in [1.807, 2.05) is 0 Å². The van der Waals surface area contributed by atoms with E-state index in [1.165, 1.54) is 14.2 Å². The molecule has 0 saturated carbocycles. The van der Waals surface area contributed by atoms with Crippen molar-refractivity contribution >= 4 is 10.0 Å². The molecule has 92 valence electrons. The number of aliphatic hydroxyl groups is 1. The molecular weight excluding hydrogens is 222 g/mol. The molecule has 0 saturated heterocycles. The highest BCUT2D eigenvalue weighted by atomic mass is 32.2. The minimum absolute atomic E-state index is 0.000538. The minimum Gasteiger partial charge on any atom is -0.389 e. The quantitative estimate of drug-likeness (QED) is 0.503. The maximum Gasteiger partial charge on any atom is 0.211 e. The Morgan fingerprint density at radius 3 is 2.53 bits per heavy atom. The van der Waals surface area contributed by atoms with E-state index in [0.29, 0.717) is 13.0 Å². The number of methoxy groups -OCH3 is 2. The molecule has 15 heavy (non-hydrogen) atoms. The molecular formula is C8H19NO5S. The molecule has 6 nitrogen and oxygen atoms in total. The van der Waals surface area contributed by atoms with Gasteiger partial charge in [-0.2, -0.15) is 0 Å². The summed E-state index contributed by atoms with van der Waals surface area (Å²) in [4.78, 5) is 0. The van der Waals surface area contributed by atoms with Gasteiger partial charge < -0.3 is 14.6 Å². The third-order valence-electron chi connectivity index (χ3n) is 1.66. The monoisotopic (exact) mass is 241 g/mol. The van der Waals surface area contributed by atoms with E-state index in [0.717, 1.165) is 0 Å². The first-order valence-electron chi connectivity index (χ1n) is 4.65. The molecule has 1 unspecified atom stereocenters. The van der Waals surface area contributed by atoms with Crippen LogP contribution in [0.4, 0.5) is 0 Å². The first-order chi connectivity index (χ1) is 7.02. The normalized spacial score (nSPS) is 14.1. The van der Waals surface area contributed by atoms with Crippen LogP contribution < -0.4 is 4.72 Å². The molecule has 0 spiro atoms. The summed E-state index contributed by atoms with van der Waals surface area (Å²) in [6.45, 7) is 0.491. The van der Waals surface area contributed by atoms with Gasteiger partial charge in [-0.3, -0.25) is 0 Å². The molecule has 0 amide bonds. The summed E-state index contributed by atoms with van der Waals surface area (Å²) in [6.07, 6.45) is -0.376. The second-order valence-electron chi connectivity index (χ2n) is 3.12. The van der Waals surface area contributed by atoms with Crippen LogP contribution in [0.5, 0.6) is 0 Å². The van der Waals surface area contributed by atoms with Gasteiger partial charge >= 0.3 is 0 Å². The topological polar surface area (TPSA) is 84.9 Å². The van der Waals surface area contributed by atoms with Crippen LogP contribution in [0.15, 0.2) is 0 Å². The summed E-state index contributed by atoms with van der Waals surface area (Å²) in [6, 6.07) is 0. The first-order valence-corrected chi connectivity index (χ1v) is 6.30. The second kappa shape index (κ2) is 8.00. The van der Waals surface area contributed by atoms with Gasteiger partial charge in [0.25, 0.3) is 0 Å². The number of rotatable bonds is 9. The van der Waals surface area contributed by atoms with Gasteiger partial charge in [-0.15, -0.1) is 0 Å². The van der Waals surface area contributed by atoms with Crippen molar-refractivity contribution in [3.8, 4) is 0 Å². The van der Waals surface area contributed by atoms with Crippen molar-refractivity contribution in [3.05, 3.63) is 0 Å². The number of hydrogen-bond donors (Lipinski definition) is 2. The molecule has 0 aliphatic rings. The average Bonchev–Trinajstić information content (AvgIpc) is 2.16. The Morgan fingerprint density at radius 1 is 1.33 bits per heavy atom. The van der Waals surface area contributed by atoms with E-state index in [4.69, 9.17) is 4.74 Å². The average molecular weight is 241 g/mol. The Labute approximate surface area is 90.6 Å². The van der Waals surface area contributed by atoms with Gasteiger partial charge in [-0.1, -0.05) is 0 Å². The fraction of sp³-hybridized carbons (Fsp3) is 1.00. The van der Waals surface area contributed by atoms with Crippen molar-refractivity contribution in [1.82, 2.24) is 4.72 Å². The second-order valence-corrected chi connectivity index (χ2v) is 5.05. The van der Waals surface area contributed by atoms with Crippen LogP contribution in [0.3, 0.4) is 0 Å². The standard InChI is InChI=1S/C8H19NO5S/c1-13-4-3-5-15(11,12)9-6-8(10)7-14-2/h8-10H,3-7H2,1-2H3. The summed E-state index contributed by atoms with van der Waals surface area (Å²) in [5.41, 5.74) is 0. The molecule has 1 atom stereocenters. The smallest absolute Gasteiger partial charge is 0.211 e. The molecule has 7 heteroatoms. The van der Waals surface area contributed by atoms with Crippen LogP contribution in [0.25, 0.3) is 0 Å². The lowest BCUT2D eigenvalue weighted by atomic mass is 10.4. The van der Waals surface area contributed by atoms with E-state index in [9.17, 15) is 13.5 Å². The lowest BCUT2D eigenvalue weighted by Gasteiger charge is -2.10. The Morgan fingerprint density at radius 2 is 2.00 bits per heavy atom. The molecule has 0 fully saturated rings. The molecule has 0 aliphatic carbocycles. The third-order valence-corrected chi connectivity index (χ3v) is 3.09. The molecule has 0 heterocycles. The highest BCUT2D eigenvalue weighted by molar-refractivity contribution is 7.89. The maximum atomic E-state index is 11.3. The number of aliphatic hydroxyl groups excluding tert-OH is 1. The van der Waals surface area contributed by atoms with Crippen LogP contribution in [0.2, 0.25) is 0 Å². The van der Waals surface area contributed by atoms with Gasteiger partial charge in [0.2, 0.25) is 10.0 Å². The zero-order chi connectivity index (χ0) is 11.7. The molecule has 0 aromatic carbocycles. The van der Waals surface area contributed by atoms with Crippen molar-refractivity contribution in [3.63, 3.8) is 0 Å². The van der Waals surface area contributed by atoms with E-state index in [2.05, 4.69) is 9.46 Å². The fourth-order valence-electron chi connectivity index (χ4n) is 0.940. The summed E-state index contributed by atoms with van der Waals surface area (Å²) < 4.78 is 34.3. The van der Waals surface area contributed by atoms with Crippen LogP contribution in [-0.2, 0) is 19.5 Å². The molecule has 0 bridgehead atoms. The van der Waals surface area contributed by atoms with Crippen molar-refractivity contribution in [2.75, 3.05) is 39.7 Å². The number of nitrogens with one attached hydrogen (secondary N) is 1. The fourth-order valence-corrected chi connectivity index (χ4v) is 2.03. The number of ether oxygens (including phenoxy) is 2. The Bertz CT molecular complexity index is 241. The van der Waals surface area contributed by atoms with Gasteiger partial charge in [0, 0.05) is 27.4 Å². The predicted octanol–water partition coefficient (Wildman–Crippen LogP) is -1.05. The SMILES string of the molecule is COCCCS(=O)(=O)NCC(O)COC. The van der Waals surface area contributed by atoms with E-state index in [-0.39, 0.29) is 18.9 Å². The molecule has 0 aromatic rings. The maximum absolute atomic E-state index is 11.3. The number of hydrogen-bond acceptors (Lipinski definition) is 5. The summed E-state index contributed by atoms with van der Waals surface area (Å²) >= 11 is 0. The molecule has 0 aromatic heterocycles. The van der Waals surface area contributed by atoms with Crippen molar-refractivity contribution in [2.45, 2.75) is 12.5 Å². The lowest BCUT2D eigenvalue weighted by Crippen LogP contribution is -2.35. The predicted molar refractivity (Wildman–Crippen MR) is 56.2 cm³/mol. The van der Waals surface area contributed by atoms with E-state index >= 15 is 0 Å². The Kier molecular flexibility index (Phi) is 7.89. The summed E-state index contributed by atoms with van der Waals surface area (Å²) in [5, 5.41) is 9.21. The third kappa shape index (κ3) is 8.76. The van der Waals surface area contributed by atoms with Gasteiger partial charge in [0.05, 0.1) is 18.5 Å². The molecule has 0 radical (unpaired) electrons. The molecule has 0 rings (SSSR count). The summed E-state index contributed by atoms with van der Waals surface area (Å²) in [7, 11) is -0.356. The van der Waals surface area contributed by atoms with Crippen LogP contribution in [0, 0.1) is 0 Å². The van der Waals surface area contributed by atoms with Gasteiger partial charge in [0.15, 0.2) is 0 Å². The van der Waals surface area contributed by atoms with E-state index < -0.39 is 16.1 Å². The zero-order valence-corrected chi connectivity index (χ0v) is 9.92. The highest BCUT2D eigenvalue weighted by Gasteiger charge is 2.12. The summed E-state index contributed by atoms with van der Waals surface area (Å²) in [5.74, 6) is 0.000538. The van der Waals surface area contributed by atoms with Crippen LogP contribution in [-0.4, -0.2) is 59.4 Å². The Hall–Kier alpha value is -0.210. The Balaban J connectivity index is 3.73. The highest BCUT2D eigenvalue weighted by Crippen LogP contribution is 1.91.